The number of Topliss-reactive ketones (excluding diaryl/α,β-unsaturated/α-hetero) is 1. The molecule has 0 radical (unpaired) electrons. The van der Waals surface area contributed by atoms with E-state index in [4.69, 9.17) is 10.5 Å². The minimum atomic E-state index is -4.50. The molecule has 9 nitrogen and oxygen atoms in total. The van der Waals surface area contributed by atoms with Crippen LogP contribution < -0.4 is 21.9 Å². The molecule has 0 saturated carbocycles. The van der Waals surface area contributed by atoms with Crippen LogP contribution in [-0.4, -0.2) is 47.3 Å². The van der Waals surface area contributed by atoms with E-state index >= 15 is 0 Å². The third kappa shape index (κ3) is 11.4. The summed E-state index contributed by atoms with van der Waals surface area (Å²) in [7, 11) is 0. The molecule has 0 aliphatic heterocycles. The van der Waals surface area contributed by atoms with Gasteiger partial charge in [-0.15, -0.1) is 0 Å². The van der Waals surface area contributed by atoms with Crippen LogP contribution in [-0.2, 0) is 20.6 Å². The van der Waals surface area contributed by atoms with Crippen molar-refractivity contribution < 1.29 is 49.2 Å². The summed E-state index contributed by atoms with van der Waals surface area (Å²) in [6.07, 6.45) is -3.46. The second-order valence-corrected chi connectivity index (χ2v) is 6.86. The Kier molecular flexibility index (Phi) is 12.8. The molecule has 1 aromatic carbocycles. The summed E-state index contributed by atoms with van der Waals surface area (Å²) in [5, 5.41) is 30.1. The maximum atomic E-state index is 12.4. The van der Waals surface area contributed by atoms with Gasteiger partial charge in [-0.1, -0.05) is 0 Å². The smallest absolute Gasteiger partial charge is 0.416 e. The van der Waals surface area contributed by atoms with Crippen LogP contribution in [0.5, 0.6) is 0 Å². The molecule has 0 aliphatic rings. The number of carbonyl (C=O) groups is 3. The lowest BCUT2D eigenvalue weighted by molar-refractivity contribution is -0.439. The first-order valence-corrected chi connectivity index (χ1v) is 9.63. The molecular formula is C20H27F3N4O5. The van der Waals surface area contributed by atoms with Crippen molar-refractivity contribution in [2.24, 2.45) is 0 Å². The number of anilines is 1. The number of quaternary nitrogens is 2. The lowest BCUT2D eigenvalue weighted by Gasteiger charge is -2.10. The van der Waals surface area contributed by atoms with Crippen molar-refractivity contribution in [3.8, 4) is 0 Å². The van der Waals surface area contributed by atoms with Crippen LogP contribution in [0, 0.1) is 0 Å². The van der Waals surface area contributed by atoms with Crippen molar-refractivity contribution in [3.05, 3.63) is 40.8 Å². The van der Waals surface area contributed by atoms with Crippen molar-refractivity contribution in [2.75, 3.05) is 11.9 Å². The van der Waals surface area contributed by atoms with Gasteiger partial charge in [0.1, 0.15) is 11.6 Å². The minimum Gasteiger partial charge on any atom is -0.763 e. The number of aliphatic hydroxyl groups is 1. The third-order valence-corrected chi connectivity index (χ3v) is 3.95. The molecule has 32 heavy (non-hydrogen) atoms. The molecule has 8 N–H and O–H groups in total. The van der Waals surface area contributed by atoms with E-state index in [1.807, 2.05) is 0 Å². The summed E-state index contributed by atoms with van der Waals surface area (Å²) in [6, 6.07) is 2.99. The molecule has 0 bridgehead atoms. The molecule has 0 spiro atoms. The molecule has 1 amide bonds. The van der Waals surface area contributed by atoms with Crippen LogP contribution in [0.25, 0.3) is 5.41 Å². The maximum Gasteiger partial charge on any atom is 0.416 e. The lowest BCUT2D eigenvalue weighted by atomic mass is 10.1. The summed E-state index contributed by atoms with van der Waals surface area (Å²) in [5.74, 6) is -1.50. The van der Waals surface area contributed by atoms with Crippen LogP contribution >= 0.6 is 0 Å². The Morgan fingerprint density at radius 1 is 1.22 bits per heavy atom. The summed E-state index contributed by atoms with van der Waals surface area (Å²) in [5.41, 5.74) is 5.47. The van der Waals surface area contributed by atoms with Crippen LogP contribution in [0.3, 0.4) is 0 Å². The summed E-state index contributed by atoms with van der Waals surface area (Å²) in [4.78, 5) is 33.4. The van der Waals surface area contributed by atoms with Gasteiger partial charge < -0.3 is 37.2 Å². The number of halogens is 3. The SMILES string of the molecule is CC(O)CC(=O)C(=C=[N-])C(=O)Nc1ccc(C(F)(F)F)cc1.[NH3+]CCCCC([NH3+])C(=O)[O-]. The number of aliphatic carboxylic acids is 1. The maximum absolute atomic E-state index is 12.4. The predicted octanol–water partition coefficient (Wildman–Crippen LogP) is -1.09. The van der Waals surface area contributed by atoms with Crippen molar-refractivity contribution in [2.45, 2.75) is 50.9 Å². The molecule has 0 aromatic heterocycles. The van der Waals surface area contributed by atoms with E-state index in [2.05, 4.69) is 16.8 Å². The van der Waals surface area contributed by atoms with Crippen molar-refractivity contribution in [1.29, 1.82) is 0 Å². The molecule has 0 aliphatic carbocycles. The average Bonchev–Trinajstić information content (AvgIpc) is 2.68. The molecule has 1 aromatic rings. The number of rotatable bonds is 10. The number of nitrogens with zero attached hydrogens (tertiary/aromatic N) is 1. The van der Waals surface area contributed by atoms with E-state index in [1.165, 1.54) is 12.8 Å². The van der Waals surface area contributed by atoms with Gasteiger partial charge in [0.15, 0.2) is 5.78 Å². The molecule has 1 rings (SSSR count). The van der Waals surface area contributed by atoms with Crippen molar-refractivity contribution in [3.63, 3.8) is 0 Å². The van der Waals surface area contributed by atoms with Crippen molar-refractivity contribution >= 4 is 29.2 Å². The topological polar surface area (TPSA) is 184 Å². The molecule has 0 heterocycles. The highest BCUT2D eigenvalue weighted by molar-refractivity contribution is 6.29. The van der Waals surface area contributed by atoms with E-state index in [0.717, 1.165) is 43.7 Å². The normalized spacial score (nSPS) is 12.5. The number of amides is 1. The second kappa shape index (κ2) is 14.1. The number of carbonyl (C=O) groups excluding carboxylic acids is 3. The number of alkyl halides is 3. The van der Waals surface area contributed by atoms with Gasteiger partial charge in [0.05, 0.1) is 24.2 Å². The molecule has 12 heteroatoms. The van der Waals surface area contributed by atoms with Gasteiger partial charge in [-0.05, 0) is 44.0 Å². The largest absolute Gasteiger partial charge is 0.763 e. The first-order chi connectivity index (χ1) is 14.8. The first kappa shape index (κ1) is 28.9. The summed E-state index contributed by atoms with van der Waals surface area (Å²) >= 11 is 0. The molecule has 2 atom stereocenters. The monoisotopic (exact) mass is 460 g/mol. The van der Waals surface area contributed by atoms with Gasteiger partial charge >= 0.3 is 6.18 Å². The van der Waals surface area contributed by atoms with Gasteiger partial charge in [-0.2, -0.15) is 13.2 Å². The Morgan fingerprint density at radius 3 is 2.19 bits per heavy atom. The zero-order chi connectivity index (χ0) is 24.9. The van der Waals surface area contributed by atoms with E-state index in [9.17, 15) is 32.7 Å². The van der Waals surface area contributed by atoms with Gasteiger partial charge in [-0.3, -0.25) is 15.5 Å². The highest BCUT2D eigenvalue weighted by Gasteiger charge is 2.30. The molecule has 178 valence electrons. The summed E-state index contributed by atoms with van der Waals surface area (Å²) in [6.45, 7) is 2.18. The van der Waals surface area contributed by atoms with Gasteiger partial charge in [0.25, 0.3) is 5.91 Å². The number of carboxylic acid groups (broad SMARTS) is 1. The third-order valence-electron chi connectivity index (χ3n) is 3.95. The highest BCUT2D eigenvalue weighted by atomic mass is 19.4. The second-order valence-electron chi connectivity index (χ2n) is 6.86. The number of nitrogens with one attached hydrogen (secondary N) is 1. The first-order valence-electron chi connectivity index (χ1n) is 9.63. The van der Waals surface area contributed by atoms with Crippen LogP contribution in [0.4, 0.5) is 18.9 Å². The number of hydrogen-bond donors (Lipinski definition) is 4. The Bertz CT molecular complexity index is 820. The molecule has 0 saturated heterocycles. The Hall–Kier alpha value is -3.05. The Balaban J connectivity index is 0.000000809. The number of hydrogen-bond acceptors (Lipinski definition) is 5. The minimum absolute atomic E-state index is 0.00981. The average molecular weight is 460 g/mol. The fourth-order valence-electron chi connectivity index (χ4n) is 2.23. The number of unbranched alkanes of at least 4 members (excludes halogenated alkanes) is 1. The Morgan fingerprint density at radius 2 is 1.78 bits per heavy atom. The van der Waals surface area contributed by atoms with Crippen LogP contribution in [0.2, 0.25) is 0 Å². The van der Waals surface area contributed by atoms with Gasteiger partial charge in [0.2, 0.25) is 0 Å². The van der Waals surface area contributed by atoms with Gasteiger partial charge in [-0.25, -0.2) is 0 Å². The zero-order valence-corrected chi connectivity index (χ0v) is 17.6. The van der Waals surface area contributed by atoms with Crippen molar-refractivity contribution in [1.82, 2.24) is 0 Å². The van der Waals surface area contributed by atoms with Crippen LogP contribution in [0.1, 0.15) is 38.2 Å². The standard InChI is InChI=1S/C14H12F3N2O3.C6H14N2O2/c1-8(20)6-12(21)11(7-18)13(22)19-10-4-2-9(3-5-10)14(15,16)17;7-4-2-1-3-5(8)6(9)10/h2-5,8,20H,6H2,1H3,(H,19,22);5H,1-4,7-8H2,(H,9,10)/q-1;/p+1. The molecule has 0 fully saturated rings. The highest BCUT2D eigenvalue weighted by Crippen LogP contribution is 2.29. The van der Waals surface area contributed by atoms with Gasteiger partial charge in [0, 0.05) is 18.5 Å². The van der Waals surface area contributed by atoms with E-state index in [0.29, 0.717) is 6.42 Å². The summed E-state index contributed by atoms with van der Waals surface area (Å²) < 4.78 is 37.2. The number of aliphatic hydroxyl groups excluding tert-OH is 1. The predicted molar refractivity (Wildman–Crippen MR) is 107 cm³/mol. The number of benzene rings is 1. The molecule has 2 unspecified atom stereocenters. The Labute approximate surface area is 182 Å². The van der Waals surface area contributed by atoms with E-state index < -0.39 is 53.5 Å². The number of carboxylic acids is 1. The molecular weight excluding hydrogens is 433 g/mol. The van der Waals surface area contributed by atoms with E-state index in [-0.39, 0.29) is 5.69 Å². The fraction of sp³-hybridized carbons (Fsp3) is 0.450. The number of ketones is 1. The zero-order valence-electron chi connectivity index (χ0n) is 17.6. The lowest BCUT2D eigenvalue weighted by Crippen LogP contribution is -2.68. The quantitative estimate of drug-likeness (QED) is 0.113. The van der Waals surface area contributed by atoms with E-state index in [1.54, 1.807) is 0 Å². The van der Waals surface area contributed by atoms with Crippen LogP contribution in [0.15, 0.2) is 29.8 Å². The fourth-order valence-corrected chi connectivity index (χ4v) is 2.23.